The molecule has 0 aromatic rings. The summed E-state index contributed by atoms with van der Waals surface area (Å²) in [6.07, 6.45) is 13.5. The van der Waals surface area contributed by atoms with Gasteiger partial charge in [-0.15, -0.1) is 0 Å². The van der Waals surface area contributed by atoms with Crippen molar-refractivity contribution >= 4 is 31.9 Å². The molecular formula is C12H12Br2. The topological polar surface area (TPSA) is 0 Å². The zero-order chi connectivity index (χ0) is 9.97. The quantitative estimate of drug-likeness (QED) is 0.640. The Morgan fingerprint density at radius 2 is 1.07 bits per heavy atom. The van der Waals surface area contributed by atoms with Gasteiger partial charge in [0.05, 0.1) is 0 Å². The number of hydrogen-bond acceptors (Lipinski definition) is 0. The van der Waals surface area contributed by atoms with Crippen LogP contribution in [0.3, 0.4) is 0 Å². The first-order chi connectivity index (χ1) is 6.75. The minimum absolute atomic E-state index is 1.15. The molecule has 0 saturated carbocycles. The molecule has 2 aliphatic rings. The van der Waals surface area contributed by atoms with Crippen LogP contribution in [0.4, 0.5) is 0 Å². The smallest absolute Gasteiger partial charge is 0.00460 e. The van der Waals surface area contributed by atoms with Crippen LogP contribution in [0, 0.1) is 0 Å². The first-order valence-electron chi connectivity index (χ1n) is 4.86. The summed E-state index contributed by atoms with van der Waals surface area (Å²) in [6.45, 7) is 0. The van der Waals surface area contributed by atoms with Crippen molar-refractivity contribution in [3.8, 4) is 0 Å². The summed E-state index contributed by atoms with van der Waals surface area (Å²) < 4.78 is 2.63. The van der Waals surface area contributed by atoms with Crippen LogP contribution in [0.1, 0.15) is 25.7 Å². The molecule has 74 valence electrons. The van der Waals surface area contributed by atoms with Crippen LogP contribution in [0.25, 0.3) is 0 Å². The van der Waals surface area contributed by atoms with Crippen molar-refractivity contribution in [2.75, 3.05) is 0 Å². The molecule has 0 spiro atoms. The molecular weight excluding hydrogens is 304 g/mol. The predicted octanol–water partition coefficient (Wildman–Crippen LogP) is 4.98. The summed E-state index contributed by atoms with van der Waals surface area (Å²) in [5, 5.41) is 0. The van der Waals surface area contributed by atoms with Gasteiger partial charge >= 0.3 is 0 Å². The normalized spacial score (nSPS) is 22.1. The highest BCUT2D eigenvalue weighted by atomic mass is 79.9. The number of hydrogen-bond donors (Lipinski definition) is 0. The van der Waals surface area contributed by atoms with E-state index in [4.69, 9.17) is 0 Å². The molecule has 0 atom stereocenters. The lowest BCUT2D eigenvalue weighted by atomic mass is 9.92. The highest BCUT2D eigenvalue weighted by Gasteiger charge is 2.11. The lowest BCUT2D eigenvalue weighted by Crippen LogP contribution is -1.97. The monoisotopic (exact) mass is 314 g/mol. The van der Waals surface area contributed by atoms with E-state index in [1.165, 1.54) is 33.0 Å². The molecule has 0 fully saturated rings. The summed E-state index contributed by atoms with van der Waals surface area (Å²) in [5.41, 5.74) is 3.01. The van der Waals surface area contributed by atoms with Gasteiger partial charge in [0, 0.05) is 0 Å². The molecule has 0 amide bonds. The fraction of sp³-hybridized carbons (Fsp3) is 0.333. The van der Waals surface area contributed by atoms with Crippen LogP contribution in [0.5, 0.6) is 0 Å². The van der Waals surface area contributed by atoms with Crippen molar-refractivity contribution in [3.05, 3.63) is 44.4 Å². The Bertz CT molecular complexity index is 321. The van der Waals surface area contributed by atoms with Crippen molar-refractivity contribution in [2.45, 2.75) is 25.7 Å². The standard InChI is InChI=1S/C12H12Br2/c13-11-5-1-9(2-6-11)10-3-7-12(14)8-4-10/h1,3,5,7H,2,4,6,8H2. The Hall–Kier alpha value is -0.0800. The van der Waals surface area contributed by atoms with Crippen LogP contribution in [-0.2, 0) is 0 Å². The van der Waals surface area contributed by atoms with Crippen LogP contribution in [0.2, 0.25) is 0 Å². The zero-order valence-corrected chi connectivity index (χ0v) is 11.1. The molecule has 2 heteroatoms. The second-order valence-corrected chi connectivity index (χ2v) is 5.65. The molecule has 2 aliphatic carbocycles. The highest BCUT2D eigenvalue weighted by Crippen LogP contribution is 2.32. The molecule has 0 aromatic carbocycles. The predicted molar refractivity (Wildman–Crippen MR) is 68.7 cm³/mol. The fourth-order valence-corrected chi connectivity index (χ4v) is 2.42. The second-order valence-electron chi connectivity index (χ2n) is 3.61. The first kappa shape index (κ1) is 10.4. The van der Waals surface area contributed by atoms with Crippen molar-refractivity contribution in [3.63, 3.8) is 0 Å². The second kappa shape index (κ2) is 4.63. The summed E-state index contributed by atoms with van der Waals surface area (Å²) in [4.78, 5) is 0. The minimum atomic E-state index is 1.15. The van der Waals surface area contributed by atoms with Gasteiger partial charge in [-0.1, -0.05) is 56.2 Å². The van der Waals surface area contributed by atoms with Gasteiger partial charge in [-0.3, -0.25) is 0 Å². The maximum atomic E-state index is 3.53. The Morgan fingerprint density at radius 1 is 0.643 bits per heavy atom. The third-order valence-electron chi connectivity index (χ3n) is 2.61. The van der Waals surface area contributed by atoms with Gasteiger partial charge in [-0.25, -0.2) is 0 Å². The van der Waals surface area contributed by atoms with Gasteiger partial charge in [0.2, 0.25) is 0 Å². The van der Waals surface area contributed by atoms with Crippen LogP contribution >= 0.6 is 31.9 Å². The number of rotatable bonds is 1. The van der Waals surface area contributed by atoms with Gasteiger partial charge in [0.15, 0.2) is 0 Å². The molecule has 0 saturated heterocycles. The van der Waals surface area contributed by atoms with Crippen LogP contribution < -0.4 is 0 Å². The van der Waals surface area contributed by atoms with E-state index >= 15 is 0 Å². The third kappa shape index (κ3) is 2.48. The average Bonchev–Trinajstić information content (AvgIpc) is 2.21. The SMILES string of the molecule is BrC1=CC=C(C2=CC=C(Br)CC2)CC1. The molecule has 0 heterocycles. The molecule has 0 radical (unpaired) electrons. The number of allylic oxidation sites excluding steroid dienone is 8. The van der Waals surface area contributed by atoms with Crippen molar-refractivity contribution < 1.29 is 0 Å². The maximum Gasteiger partial charge on any atom is -0.00460 e. The van der Waals surface area contributed by atoms with Crippen molar-refractivity contribution in [2.24, 2.45) is 0 Å². The largest absolute Gasteiger partial charge is 0.0580 e. The average molecular weight is 316 g/mol. The molecule has 0 unspecified atom stereocenters. The van der Waals surface area contributed by atoms with E-state index in [2.05, 4.69) is 56.2 Å². The molecule has 14 heavy (non-hydrogen) atoms. The number of halogens is 2. The van der Waals surface area contributed by atoms with Gasteiger partial charge in [-0.2, -0.15) is 0 Å². The van der Waals surface area contributed by atoms with E-state index in [0.29, 0.717) is 0 Å². The molecule has 0 nitrogen and oxygen atoms in total. The molecule has 0 bridgehead atoms. The molecule has 0 aliphatic heterocycles. The van der Waals surface area contributed by atoms with E-state index in [0.717, 1.165) is 12.8 Å². The summed E-state index contributed by atoms with van der Waals surface area (Å²) in [5.74, 6) is 0. The van der Waals surface area contributed by atoms with Gasteiger partial charge in [0.25, 0.3) is 0 Å². The van der Waals surface area contributed by atoms with Gasteiger partial charge < -0.3 is 0 Å². The Kier molecular flexibility index (Phi) is 3.45. The Morgan fingerprint density at radius 3 is 1.36 bits per heavy atom. The Labute approximate surface area is 102 Å². The lowest BCUT2D eigenvalue weighted by Gasteiger charge is -2.17. The van der Waals surface area contributed by atoms with E-state index in [9.17, 15) is 0 Å². The van der Waals surface area contributed by atoms with Crippen LogP contribution in [0.15, 0.2) is 44.4 Å². The van der Waals surface area contributed by atoms with Gasteiger partial charge in [0.1, 0.15) is 0 Å². The zero-order valence-electron chi connectivity index (χ0n) is 7.89. The Balaban J connectivity index is 2.17. The minimum Gasteiger partial charge on any atom is -0.0580 e. The highest BCUT2D eigenvalue weighted by molar-refractivity contribution is 9.12. The fourth-order valence-electron chi connectivity index (χ4n) is 1.76. The summed E-state index contributed by atoms with van der Waals surface area (Å²) >= 11 is 7.05. The first-order valence-corrected chi connectivity index (χ1v) is 6.45. The summed E-state index contributed by atoms with van der Waals surface area (Å²) in [6, 6.07) is 0. The molecule has 0 aromatic heterocycles. The lowest BCUT2D eigenvalue weighted by molar-refractivity contribution is 0.890. The molecule has 2 rings (SSSR count). The molecule has 0 N–H and O–H groups in total. The summed E-state index contributed by atoms with van der Waals surface area (Å²) in [7, 11) is 0. The third-order valence-corrected chi connectivity index (χ3v) is 3.93. The van der Waals surface area contributed by atoms with E-state index in [-0.39, 0.29) is 0 Å². The van der Waals surface area contributed by atoms with Crippen LogP contribution in [-0.4, -0.2) is 0 Å². The van der Waals surface area contributed by atoms with Crippen molar-refractivity contribution in [1.82, 2.24) is 0 Å². The van der Waals surface area contributed by atoms with E-state index in [1.54, 1.807) is 0 Å². The van der Waals surface area contributed by atoms with E-state index in [1.807, 2.05) is 0 Å². The van der Waals surface area contributed by atoms with Crippen molar-refractivity contribution in [1.29, 1.82) is 0 Å². The van der Waals surface area contributed by atoms with E-state index < -0.39 is 0 Å². The van der Waals surface area contributed by atoms with Gasteiger partial charge in [-0.05, 0) is 45.8 Å². The maximum absolute atomic E-state index is 3.53.